The summed E-state index contributed by atoms with van der Waals surface area (Å²) < 4.78 is 17.3. The van der Waals surface area contributed by atoms with Gasteiger partial charge in [-0.3, -0.25) is 4.90 Å². The van der Waals surface area contributed by atoms with Crippen LogP contribution in [0.5, 0.6) is 17.2 Å². The van der Waals surface area contributed by atoms with Crippen molar-refractivity contribution in [1.29, 1.82) is 0 Å². The van der Waals surface area contributed by atoms with Crippen molar-refractivity contribution in [1.82, 2.24) is 4.90 Å². The van der Waals surface area contributed by atoms with Crippen molar-refractivity contribution in [2.75, 3.05) is 20.4 Å². The third-order valence-electron chi connectivity index (χ3n) is 4.89. The van der Waals surface area contributed by atoms with Gasteiger partial charge in [0.25, 0.3) is 0 Å². The van der Waals surface area contributed by atoms with E-state index in [1.807, 2.05) is 12.1 Å². The molecule has 0 radical (unpaired) electrons. The quantitative estimate of drug-likeness (QED) is 0.840. The summed E-state index contributed by atoms with van der Waals surface area (Å²) in [5, 5.41) is 0. The highest BCUT2D eigenvalue weighted by Crippen LogP contribution is 2.40. The topological polar surface area (TPSA) is 30.9 Å². The number of nitrogens with zero attached hydrogens (tertiary/aromatic N) is 1. The Balaban J connectivity index is 1.67. The molecule has 0 N–H and O–H groups in total. The molecule has 25 heavy (non-hydrogen) atoms. The van der Waals surface area contributed by atoms with E-state index in [9.17, 15) is 0 Å². The van der Waals surface area contributed by atoms with E-state index in [-0.39, 0.29) is 0 Å². The second kappa shape index (κ2) is 6.45. The van der Waals surface area contributed by atoms with E-state index in [2.05, 4.69) is 49.1 Å². The van der Waals surface area contributed by atoms with Crippen LogP contribution in [0.2, 0.25) is 0 Å². The molecule has 130 valence electrons. The summed E-state index contributed by atoms with van der Waals surface area (Å²) in [7, 11) is 1.68. The van der Waals surface area contributed by atoms with E-state index < -0.39 is 0 Å². The van der Waals surface area contributed by atoms with Crippen LogP contribution in [0.25, 0.3) is 11.6 Å². The second-order valence-corrected chi connectivity index (χ2v) is 6.76. The van der Waals surface area contributed by atoms with Crippen molar-refractivity contribution in [3.05, 3.63) is 53.1 Å². The maximum atomic E-state index is 6.17. The molecule has 2 aliphatic rings. The molecule has 2 heterocycles. The van der Waals surface area contributed by atoms with Crippen molar-refractivity contribution in [2.45, 2.75) is 26.4 Å². The molecule has 2 aromatic carbocycles. The molecular formula is C21H23NO3. The van der Waals surface area contributed by atoms with Crippen molar-refractivity contribution in [3.63, 3.8) is 0 Å². The lowest BCUT2D eigenvalue weighted by Crippen LogP contribution is -2.37. The molecule has 0 aromatic heterocycles. The number of rotatable bonds is 3. The van der Waals surface area contributed by atoms with Crippen LogP contribution in [0.15, 0.2) is 36.4 Å². The zero-order valence-electron chi connectivity index (χ0n) is 14.9. The molecule has 2 aliphatic heterocycles. The van der Waals surface area contributed by atoms with Crippen LogP contribution in [0.4, 0.5) is 0 Å². The monoisotopic (exact) mass is 337 g/mol. The van der Waals surface area contributed by atoms with Crippen molar-refractivity contribution >= 4 is 11.6 Å². The van der Waals surface area contributed by atoms with E-state index in [1.54, 1.807) is 7.11 Å². The third kappa shape index (κ3) is 2.98. The SMILES string of the molecule is COc1ccc(C2=Cc3ccc4c(c3OC2)CN(C(C)C)CO4)cc1. The largest absolute Gasteiger partial charge is 0.497 e. The van der Waals surface area contributed by atoms with Crippen LogP contribution in [0.1, 0.15) is 30.5 Å². The van der Waals surface area contributed by atoms with E-state index in [0.29, 0.717) is 19.4 Å². The highest BCUT2D eigenvalue weighted by atomic mass is 16.5. The Morgan fingerprint density at radius 1 is 1.04 bits per heavy atom. The first-order chi connectivity index (χ1) is 12.2. The van der Waals surface area contributed by atoms with Gasteiger partial charge in [-0.05, 0) is 55.3 Å². The Labute approximate surface area is 148 Å². The van der Waals surface area contributed by atoms with Gasteiger partial charge in [0, 0.05) is 18.2 Å². The van der Waals surface area contributed by atoms with E-state index >= 15 is 0 Å². The molecule has 0 atom stereocenters. The zero-order valence-corrected chi connectivity index (χ0v) is 14.9. The molecule has 0 fully saturated rings. The predicted molar refractivity (Wildman–Crippen MR) is 99.0 cm³/mol. The van der Waals surface area contributed by atoms with Crippen LogP contribution in [-0.2, 0) is 6.54 Å². The number of methoxy groups -OCH3 is 1. The first-order valence-corrected chi connectivity index (χ1v) is 8.66. The van der Waals surface area contributed by atoms with Gasteiger partial charge in [-0.25, -0.2) is 0 Å². The summed E-state index contributed by atoms with van der Waals surface area (Å²) in [6, 6.07) is 12.7. The number of ether oxygens (including phenoxy) is 3. The lowest BCUT2D eigenvalue weighted by molar-refractivity contribution is 0.0668. The molecule has 0 amide bonds. The van der Waals surface area contributed by atoms with Gasteiger partial charge < -0.3 is 14.2 Å². The van der Waals surface area contributed by atoms with Crippen molar-refractivity contribution in [2.24, 2.45) is 0 Å². The smallest absolute Gasteiger partial charge is 0.142 e. The molecule has 0 saturated heterocycles. The van der Waals surface area contributed by atoms with Crippen LogP contribution < -0.4 is 14.2 Å². The molecule has 0 bridgehead atoms. The van der Waals surface area contributed by atoms with Crippen LogP contribution in [-0.4, -0.2) is 31.4 Å². The average molecular weight is 337 g/mol. The Hall–Kier alpha value is -2.46. The Morgan fingerprint density at radius 2 is 1.84 bits per heavy atom. The fourth-order valence-electron chi connectivity index (χ4n) is 3.28. The van der Waals surface area contributed by atoms with Gasteiger partial charge in [0.15, 0.2) is 0 Å². The van der Waals surface area contributed by atoms with E-state index in [0.717, 1.165) is 40.5 Å². The number of benzene rings is 2. The first-order valence-electron chi connectivity index (χ1n) is 8.66. The number of hydrogen-bond acceptors (Lipinski definition) is 4. The minimum absolute atomic E-state index is 0.443. The summed E-state index contributed by atoms with van der Waals surface area (Å²) in [5.74, 6) is 2.76. The summed E-state index contributed by atoms with van der Waals surface area (Å²) in [5.41, 5.74) is 4.60. The molecule has 0 unspecified atom stereocenters. The van der Waals surface area contributed by atoms with Crippen LogP contribution in [0, 0.1) is 0 Å². The van der Waals surface area contributed by atoms with Crippen LogP contribution >= 0.6 is 0 Å². The highest BCUT2D eigenvalue weighted by molar-refractivity contribution is 5.86. The van der Waals surface area contributed by atoms with Gasteiger partial charge >= 0.3 is 0 Å². The fraction of sp³-hybridized carbons (Fsp3) is 0.333. The summed E-state index contributed by atoms with van der Waals surface area (Å²) in [4.78, 5) is 2.30. The molecular weight excluding hydrogens is 314 g/mol. The Bertz CT molecular complexity index is 809. The van der Waals surface area contributed by atoms with E-state index in [4.69, 9.17) is 14.2 Å². The number of hydrogen-bond donors (Lipinski definition) is 0. The highest BCUT2D eigenvalue weighted by Gasteiger charge is 2.26. The normalized spacial score (nSPS) is 16.4. The van der Waals surface area contributed by atoms with Gasteiger partial charge in [-0.1, -0.05) is 12.1 Å². The molecule has 2 aromatic rings. The second-order valence-electron chi connectivity index (χ2n) is 6.76. The molecule has 4 nitrogen and oxygen atoms in total. The Kier molecular flexibility index (Phi) is 4.14. The van der Waals surface area contributed by atoms with Gasteiger partial charge in [-0.2, -0.15) is 0 Å². The van der Waals surface area contributed by atoms with Gasteiger partial charge in [0.2, 0.25) is 0 Å². The molecule has 0 spiro atoms. The summed E-state index contributed by atoms with van der Waals surface area (Å²) >= 11 is 0. The molecule has 0 saturated carbocycles. The van der Waals surface area contributed by atoms with Gasteiger partial charge in [0.05, 0.1) is 12.7 Å². The van der Waals surface area contributed by atoms with Gasteiger partial charge in [0.1, 0.15) is 30.6 Å². The van der Waals surface area contributed by atoms with Crippen molar-refractivity contribution in [3.8, 4) is 17.2 Å². The molecule has 4 heteroatoms. The molecule has 4 rings (SSSR count). The zero-order chi connectivity index (χ0) is 17.4. The third-order valence-corrected chi connectivity index (χ3v) is 4.89. The average Bonchev–Trinajstić information content (AvgIpc) is 2.67. The lowest BCUT2D eigenvalue weighted by Gasteiger charge is -2.34. The minimum atomic E-state index is 0.443. The van der Waals surface area contributed by atoms with Crippen molar-refractivity contribution < 1.29 is 14.2 Å². The Morgan fingerprint density at radius 3 is 2.56 bits per heavy atom. The first kappa shape index (κ1) is 16.0. The fourth-order valence-corrected chi connectivity index (χ4v) is 3.28. The summed E-state index contributed by atoms with van der Waals surface area (Å²) in [6.07, 6.45) is 2.22. The summed E-state index contributed by atoms with van der Waals surface area (Å²) in [6.45, 7) is 6.44. The van der Waals surface area contributed by atoms with Gasteiger partial charge in [-0.15, -0.1) is 0 Å². The lowest BCUT2D eigenvalue weighted by atomic mass is 9.98. The number of fused-ring (bicyclic) bond motifs is 3. The minimum Gasteiger partial charge on any atom is -0.497 e. The maximum absolute atomic E-state index is 6.17. The maximum Gasteiger partial charge on any atom is 0.142 e. The standard InChI is InChI=1S/C21H23NO3/c1-14(2)22-11-19-20(25-13-22)9-6-16-10-17(12-24-21(16)19)15-4-7-18(23-3)8-5-15/h4-10,14H,11-13H2,1-3H3. The van der Waals surface area contributed by atoms with E-state index in [1.165, 1.54) is 5.57 Å². The predicted octanol–water partition coefficient (Wildman–Crippen LogP) is 4.19. The van der Waals surface area contributed by atoms with Crippen LogP contribution in [0.3, 0.4) is 0 Å². The molecule has 0 aliphatic carbocycles.